The zero-order chi connectivity index (χ0) is 23.1. The molecule has 0 spiro atoms. The number of aryl methyl sites for hydroxylation is 1. The van der Waals surface area contributed by atoms with Crippen LogP contribution >= 0.6 is 11.6 Å². The molecule has 0 bridgehead atoms. The normalized spacial score (nSPS) is 10.8. The third-order valence-electron chi connectivity index (χ3n) is 4.79. The number of nitrogens with two attached hydrogens (primary N) is 1. The maximum atomic E-state index is 14.3. The lowest BCUT2D eigenvalue weighted by Crippen LogP contribution is -2.34. The largest absolute Gasteiger partial charge is 0.370 e. The van der Waals surface area contributed by atoms with Crippen LogP contribution in [0.3, 0.4) is 0 Å². The molecule has 168 valence electrons. The molecule has 2 aromatic heterocycles. The molecule has 3 rings (SSSR count). The summed E-state index contributed by atoms with van der Waals surface area (Å²) in [6.45, 7) is 3.65. The quantitative estimate of drug-likeness (QED) is 0.428. The van der Waals surface area contributed by atoms with E-state index in [9.17, 15) is 9.18 Å². The minimum Gasteiger partial charge on any atom is -0.370 e. The molecule has 0 fully saturated rings. The second kappa shape index (κ2) is 10.8. The predicted octanol–water partition coefficient (Wildman–Crippen LogP) is 3.28. The van der Waals surface area contributed by atoms with E-state index in [1.807, 2.05) is 31.0 Å². The number of halogens is 2. The van der Waals surface area contributed by atoms with Crippen LogP contribution in [0.2, 0.25) is 5.02 Å². The molecular weight excluding hydrogens is 433 g/mol. The summed E-state index contributed by atoms with van der Waals surface area (Å²) in [7, 11) is 1.86. The van der Waals surface area contributed by atoms with Crippen LogP contribution < -0.4 is 21.3 Å². The molecule has 0 unspecified atom stereocenters. The van der Waals surface area contributed by atoms with Crippen LogP contribution in [0.15, 0.2) is 42.6 Å². The Morgan fingerprint density at radius 3 is 2.75 bits per heavy atom. The second-order valence-electron chi connectivity index (χ2n) is 7.19. The molecule has 1 amide bonds. The van der Waals surface area contributed by atoms with Gasteiger partial charge in [0.25, 0.3) is 0 Å². The molecular formula is C22H25ClFN7O. The summed E-state index contributed by atoms with van der Waals surface area (Å²) in [5.74, 6) is -0.0976. The van der Waals surface area contributed by atoms with Crippen LogP contribution in [0, 0.1) is 12.7 Å². The zero-order valence-electron chi connectivity index (χ0n) is 17.9. The van der Waals surface area contributed by atoms with Crippen LogP contribution in [-0.4, -0.2) is 47.8 Å². The highest BCUT2D eigenvalue weighted by Gasteiger charge is 2.13. The summed E-state index contributed by atoms with van der Waals surface area (Å²) < 4.78 is 14.3. The molecule has 10 heteroatoms. The van der Waals surface area contributed by atoms with E-state index in [2.05, 4.69) is 25.8 Å². The van der Waals surface area contributed by atoms with Crippen molar-refractivity contribution in [3.63, 3.8) is 0 Å². The van der Waals surface area contributed by atoms with Gasteiger partial charge in [0.2, 0.25) is 5.91 Å². The third-order valence-corrected chi connectivity index (χ3v) is 5.03. The number of rotatable bonds is 10. The predicted molar refractivity (Wildman–Crippen MR) is 125 cm³/mol. The summed E-state index contributed by atoms with van der Waals surface area (Å²) in [6, 6.07) is 9.71. The van der Waals surface area contributed by atoms with Crippen molar-refractivity contribution in [3.05, 3.63) is 59.1 Å². The van der Waals surface area contributed by atoms with Gasteiger partial charge in [-0.3, -0.25) is 4.79 Å². The first kappa shape index (κ1) is 23.4. The standard InChI is InChI=1S/C22H25ClFN7O/c1-14-19(13-20(30-29-14)17-11-15(23)3-4-18(17)24)28-16-5-7-27-22(12-16)31(10-8-26-2)9-6-21(25)32/h3-5,7,11-13,26H,6,8-10H2,1-2H3,(H2,25,32)(H,27,28,30). The van der Waals surface area contributed by atoms with Crippen molar-refractivity contribution in [2.24, 2.45) is 5.73 Å². The number of carbonyl (C=O) groups is 1. The average molecular weight is 458 g/mol. The molecule has 0 radical (unpaired) electrons. The number of amides is 1. The van der Waals surface area contributed by atoms with Gasteiger partial charge in [0.05, 0.1) is 17.1 Å². The molecule has 0 atom stereocenters. The minimum absolute atomic E-state index is 0.227. The molecule has 1 aromatic carbocycles. The van der Waals surface area contributed by atoms with Gasteiger partial charge in [-0.25, -0.2) is 9.37 Å². The number of aromatic nitrogens is 3. The summed E-state index contributed by atoms with van der Waals surface area (Å²) in [5, 5.41) is 15.1. The maximum absolute atomic E-state index is 14.3. The first-order valence-corrected chi connectivity index (χ1v) is 10.5. The SMILES string of the molecule is CNCCN(CCC(N)=O)c1cc(Nc2cc(-c3cc(Cl)ccc3F)nnc2C)ccn1. The molecule has 4 N–H and O–H groups in total. The lowest BCUT2D eigenvalue weighted by atomic mass is 10.1. The highest BCUT2D eigenvalue weighted by molar-refractivity contribution is 6.30. The van der Waals surface area contributed by atoms with E-state index in [0.29, 0.717) is 41.0 Å². The molecule has 0 saturated heterocycles. The molecule has 0 saturated carbocycles. The van der Waals surface area contributed by atoms with Gasteiger partial charge in [-0.15, -0.1) is 0 Å². The number of nitrogens with one attached hydrogen (secondary N) is 2. The van der Waals surface area contributed by atoms with Crippen LogP contribution in [0.25, 0.3) is 11.3 Å². The fourth-order valence-electron chi connectivity index (χ4n) is 3.06. The number of hydrogen-bond donors (Lipinski definition) is 3. The van der Waals surface area contributed by atoms with Crippen molar-refractivity contribution >= 4 is 34.7 Å². The van der Waals surface area contributed by atoms with Gasteiger partial charge in [-0.05, 0) is 44.3 Å². The summed E-state index contributed by atoms with van der Waals surface area (Å²) in [5.41, 5.74) is 8.03. The summed E-state index contributed by atoms with van der Waals surface area (Å²) >= 11 is 6.02. The van der Waals surface area contributed by atoms with Gasteiger partial charge in [0.15, 0.2) is 0 Å². The smallest absolute Gasteiger partial charge is 0.219 e. The fourth-order valence-corrected chi connectivity index (χ4v) is 3.23. The second-order valence-corrected chi connectivity index (χ2v) is 7.62. The van der Waals surface area contributed by atoms with E-state index in [0.717, 1.165) is 12.2 Å². The van der Waals surface area contributed by atoms with E-state index in [1.165, 1.54) is 18.2 Å². The molecule has 0 aliphatic heterocycles. The van der Waals surface area contributed by atoms with Crippen LogP contribution in [0.1, 0.15) is 12.1 Å². The van der Waals surface area contributed by atoms with E-state index < -0.39 is 5.82 Å². The minimum atomic E-state index is -0.431. The Hall–Kier alpha value is -3.30. The van der Waals surface area contributed by atoms with Gasteiger partial charge in [-0.1, -0.05) is 11.6 Å². The van der Waals surface area contributed by atoms with Crippen LogP contribution in [0.5, 0.6) is 0 Å². The number of nitrogens with zero attached hydrogens (tertiary/aromatic N) is 4. The maximum Gasteiger partial charge on any atom is 0.219 e. The molecule has 32 heavy (non-hydrogen) atoms. The van der Waals surface area contributed by atoms with Crippen molar-refractivity contribution in [3.8, 4) is 11.3 Å². The molecule has 0 aliphatic rings. The first-order chi connectivity index (χ1) is 15.4. The third kappa shape index (κ3) is 6.12. The van der Waals surface area contributed by atoms with Crippen molar-refractivity contribution in [1.82, 2.24) is 20.5 Å². The lowest BCUT2D eigenvalue weighted by molar-refractivity contribution is -0.117. The fraction of sp³-hybridized carbons (Fsp3) is 0.273. The van der Waals surface area contributed by atoms with E-state index in [4.69, 9.17) is 17.3 Å². The Balaban J connectivity index is 1.87. The summed E-state index contributed by atoms with van der Waals surface area (Å²) in [6.07, 6.45) is 1.90. The van der Waals surface area contributed by atoms with Gasteiger partial charge < -0.3 is 21.3 Å². The number of anilines is 3. The molecule has 8 nitrogen and oxygen atoms in total. The Bertz CT molecular complexity index is 1100. The Labute approximate surface area is 191 Å². The monoisotopic (exact) mass is 457 g/mol. The van der Waals surface area contributed by atoms with E-state index in [-0.39, 0.29) is 17.9 Å². The number of benzene rings is 1. The van der Waals surface area contributed by atoms with Crippen LogP contribution in [0.4, 0.5) is 21.6 Å². The van der Waals surface area contributed by atoms with Gasteiger partial charge >= 0.3 is 0 Å². The zero-order valence-corrected chi connectivity index (χ0v) is 18.7. The van der Waals surface area contributed by atoms with Gasteiger partial charge in [0.1, 0.15) is 11.6 Å². The lowest BCUT2D eigenvalue weighted by Gasteiger charge is -2.23. The van der Waals surface area contributed by atoms with Gasteiger partial charge in [0, 0.05) is 54.6 Å². The van der Waals surface area contributed by atoms with Crippen molar-refractivity contribution < 1.29 is 9.18 Å². The van der Waals surface area contributed by atoms with Crippen LogP contribution in [-0.2, 0) is 4.79 Å². The van der Waals surface area contributed by atoms with Crippen molar-refractivity contribution in [2.45, 2.75) is 13.3 Å². The highest BCUT2D eigenvalue weighted by Crippen LogP contribution is 2.29. The topological polar surface area (TPSA) is 109 Å². The van der Waals surface area contributed by atoms with E-state index >= 15 is 0 Å². The molecule has 3 aromatic rings. The average Bonchev–Trinajstić information content (AvgIpc) is 2.77. The van der Waals surface area contributed by atoms with Crippen molar-refractivity contribution in [1.29, 1.82) is 0 Å². The number of likely N-dealkylation sites (N-methyl/N-ethyl adjacent to an activating group) is 1. The number of hydrogen-bond acceptors (Lipinski definition) is 7. The summed E-state index contributed by atoms with van der Waals surface area (Å²) in [4.78, 5) is 17.7. The number of primary amides is 1. The first-order valence-electron chi connectivity index (χ1n) is 10.1. The number of pyridine rings is 1. The molecule has 2 heterocycles. The Kier molecular flexibility index (Phi) is 7.91. The molecule has 0 aliphatic carbocycles. The van der Waals surface area contributed by atoms with Crippen molar-refractivity contribution in [2.75, 3.05) is 36.9 Å². The highest BCUT2D eigenvalue weighted by atomic mass is 35.5. The van der Waals surface area contributed by atoms with Gasteiger partial charge in [-0.2, -0.15) is 10.2 Å². The number of carbonyl (C=O) groups excluding carboxylic acids is 1. The Morgan fingerprint density at radius 1 is 1.19 bits per heavy atom. The van der Waals surface area contributed by atoms with E-state index in [1.54, 1.807) is 12.3 Å². The Morgan fingerprint density at radius 2 is 2.00 bits per heavy atom.